The maximum atomic E-state index is 12.0. The number of carbonyl (C=O) groups excluding carboxylic acids is 1. The Morgan fingerprint density at radius 1 is 1.61 bits per heavy atom. The quantitative estimate of drug-likeness (QED) is 0.790. The number of halogens is 1. The highest BCUT2D eigenvalue weighted by Gasteiger charge is 2.30. The number of rotatable bonds is 3. The maximum Gasteiger partial charge on any atom is 0.245 e. The van der Waals surface area contributed by atoms with Crippen LogP contribution in [-0.4, -0.2) is 48.2 Å². The summed E-state index contributed by atoms with van der Waals surface area (Å²) in [6.45, 7) is 4.10. The Bertz CT molecular complexity index is 412. The number of nitrogens with zero attached hydrogens (tertiary/aromatic N) is 3. The van der Waals surface area contributed by atoms with Crippen LogP contribution in [0.15, 0.2) is 12.4 Å². The van der Waals surface area contributed by atoms with Crippen molar-refractivity contribution in [3.63, 3.8) is 0 Å². The third kappa shape index (κ3) is 3.08. The lowest BCUT2D eigenvalue weighted by Crippen LogP contribution is -2.54. The molecule has 0 aliphatic carbocycles. The van der Waals surface area contributed by atoms with E-state index in [0.717, 1.165) is 3.57 Å². The van der Waals surface area contributed by atoms with Crippen molar-refractivity contribution in [3.05, 3.63) is 16.0 Å². The van der Waals surface area contributed by atoms with Gasteiger partial charge in [0.15, 0.2) is 0 Å². The van der Waals surface area contributed by atoms with Crippen LogP contribution in [0.4, 0.5) is 5.95 Å². The maximum absolute atomic E-state index is 12.0. The van der Waals surface area contributed by atoms with E-state index in [1.54, 1.807) is 12.4 Å². The summed E-state index contributed by atoms with van der Waals surface area (Å²) in [5, 5.41) is 2.81. The monoisotopic (exact) mass is 362 g/mol. The zero-order valence-corrected chi connectivity index (χ0v) is 12.3. The SMILES string of the molecule is CCNC(=O)C1COCCN1c1ncc(I)cn1. The van der Waals surface area contributed by atoms with Crippen LogP contribution in [0.1, 0.15) is 6.92 Å². The summed E-state index contributed by atoms with van der Waals surface area (Å²) in [4.78, 5) is 22.4. The van der Waals surface area contributed by atoms with E-state index in [1.165, 1.54) is 0 Å². The van der Waals surface area contributed by atoms with E-state index in [0.29, 0.717) is 32.3 Å². The van der Waals surface area contributed by atoms with E-state index in [2.05, 4.69) is 37.9 Å². The first-order valence-electron chi connectivity index (χ1n) is 5.82. The number of hydrogen-bond donors (Lipinski definition) is 1. The number of carbonyl (C=O) groups is 1. The Hall–Kier alpha value is -0.960. The predicted molar refractivity (Wildman–Crippen MR) is 75.4 cm³/mol. The molecule has 6 nitrogen and oxygen atoms in total. The van der Waals surface area contributed by atoms with Gasteiger partial charge >= 0.3 is 0 Å². The van der Waals surface area contributed by atoms with Gasteiger partial charge in [0, 0.05) is 29.1 Å². The number of hydrogen-bond acceptors (Lipinski definition) is 5. The summed E-state index contributed by atoms with van der Waals surface area (Å²) < 4.78 is 6.34. The minimum atomic E-state index is -0.348. The molecule has 1 amide bonds. The highest BCUT2D eigenvalue weighted by Crippen LogP contribution is 2.15. The van der Waals surface area contributed by atoms with Crippen molar-refractivity contribution in [2.45, 2.75) is 13.0 Å². The summed E-state index contributed by atoms with van der Waals surface area (Å²) in [5.74, 6) is 0.536. The molecule has 0 bridgehead atoms. The summed E-state index contributed by atoms with van der Waals surface area (Å²) >= 11 is 2.15. The van der Waals surface area contributed by atoms with Gasteiger partial charge in [-0.15, -0.1) is 0 Å². The van der Waals surface area contributed by atoms with Crippen LogP contribution in [0.25, 0.3) is 0 Å². The third-order valence-electron chi connectivity index (χ3n) is 2.65. The number of ether oxygens (including phenoxy) is 1. The predicted octanol–water partition coefficient (Wildman–Crippen LogP) is 0.422. The van der Waals surface area contributed by atoms with Crippen LogP contribution in [0.2, 0.25) is 0 Å². The number of likely N-dealkylation sites (N-methyl/N-ethyl adjacent to an activating group) is 1. The average molecular weight is 362 g/mol. The molecule has 0 spiro atoms. The van der Waals surface area contributed by atoms with Gasteiger partial charge in [-0.3, -0.25) is 4.79 Å². The Labute approximate surface area is 119 Å². The second-order valence-electron chi connectivity index (χ2n) is 3.88. The van der Waals surface area contributed by atoms with Crippen LogP contribution in [-0.2, 0) is 9.53 Å². The molecule has 0 aromatic carbocycles. The van der Waals surface area contributed by atoms with Crippen molar-refractivity contribution in [3.8, 4) is 0 Å². The van der Waals surface area contributed by atoms with Crippen molar-refractivity contribution in [1.82, 2.24) is 15.3 Å². The Kier molecular flexibility index (Phi) is 4.70. The largest absolute Gasteiger partial charge is 0.377 e. The Morgan fingerprint density at radius 3 is 3.00 bits per heavy atom. The van der Waals surface area contributed by atoms with Crippen molar-refractivity contribution in [2.24, 2.45) is 0 Å². The molecule has 2 heterocycles. The van der Waals surface area contributed by atoms with Crippen LogP contribution in [0.3, 0.4) is 0 Å². The molecular weight excluding hydrogens is 347 g/mol. The molecule has 1 fully saturated rings. The smallest absolute Gasteiger partial charge is 0.245 e. The fourth-order valence-corrected chi connectivity index (χ4v) is 2.08. The molecule has 1 N–H and O–H groups in total. The third-order valence-corrected chi connectivity index (χ3v) is 3.20. The van der Waals surface area contributed by atoms with E-state index < -0.39 is 0 Å². The number of amides is 1. The van der Waals surface area contributed by atoms with E-state index in [1.807, 2.05) is 11.8 Å². The zero-order chi connectivity index (χ0) is 13.0. The lowest BCUT2D eigenvalue weighted by atomic mass is 10.2. The van der Waals surface area contributed by atoms with Gasteiger partial charge in [0.2, 0.25) is 11.9 Å². The summed E-state index contributed by atoms with van der Waals surface area (Å²) in [7, 11) is 0. The fourth-order valence-electron chi connectivity index (χ4n) is 1.81. The van der Waals surface area contributed by atoms with Gasteiger partial charge < -0.3 is 15.0 Å². The summed E-state index contributed by atoms with van der Waals surface area (Å²) in [6, 6.07) is -0.348. The number of nitrogens with one attached hydrogen (secondary N) is 1. The van der Waals surface area contributed by atoms with Crippen LogP contribution < -0.4 is 10.2 Å². The zero-order valence-electron chi connectivity index (χ0n) is 10.1. The van der Waals surface area contributed by atoms with E-state index >= 15 is 0 Å². The van der Waals surface area contributed by atoms with E-state index in [9.17, 15) is 4.79 Å². The van der Waals surface area contributed by atoms with Gasteiger partial charge in [-0.05, 0) is 29.5 Å². The molecule has 7 heteroatoms. The number of aromatic nitrogens is 2. The molecule has 2 rings (SSSR count). The van der Waals surface area contributed by atoms with E-state index in [4.69, 9.17) is 4.74 Å². The highest BCUT2D eigenvalue weighted by atomic mass is 127. The molecule has 1 aromatic rings. The van der Waals surface area contributed by atoms with Gasteiger partial charge in [0.05, 0.1) is 13.2 Å². The lowest BCUT2D eigenvalue weighted by molar-refractivity contribution is -0.124. The lowest BCUT2D eigenvalue weighted by Gasteiger charge is -2.34. The molecule has 0 radical (unpaired) electrons. The van der Waals surface area contributed by atoms with Crippen molar-refractivity contribution in [2.75, 3.05) is 31.2 Å². The fraction of sp³-hybridized carbons (Fsp3) is 0.545. The minimum Gasteiger partial charge on any atom is -0.377 e. The van der Waals surface area contributed by atoms with Crippen molar-refractivity contribution in [1.29, 1.82) is 0 Å². The normalized spacial score (nSPS) is 19.7. The topological polar surface area (TPSA) is 67.3 Å². The van der Waals surface area contributed by atoms with Crippen molar-refractivity contribution >= 4 is 34.4 Å². The second kappa shape index (κ2) is 6.28. The van der Waals surface area contributed by atoms with E-state index in [-0.39, 0.29) is 11.9 Å². The van der Waals surface area contributed by atoms with Gasteiger partial charge in [-0.25, -0.2) is 9.97 Å². The summed E-state index contributed by atoms with van der Waals surface area (Å²) in [6.07, 6.45) is 3.49. The molecule has 1 saturated heterocycles. The Morgan fingerprint density at radius 2 is 2.33 bits per heavy atom. The molecule has 1 atom stereocenters. The van der Waals surface area contributed by atoms with Crippen LogP contribution >= 0.6 is 22.6 Å². The number of anilines is 1. The van der Waals surface area contributed by atoms with Crippen LogP contribution in [0, 0.1) is 3.57 Å². The first-order chi connectivity index (χ1) is 8.72. The van der Waals surface area contributed by atoms with Gasteiger partial charge in [-0.2, -0.15) is 0 Å². The Balaban J connectivity index is 2.17. The highest BCUT2D eigenvalue weighted by molar-refractivity contribution is 14.1. The molecule has 1 unspecified atom stereocenters. The molecule has 1 aliphatic rings. The standard InChI is InChI=1S/C11H15IN4O2/c1-2-13-10(17)9-7-18-4-3-16(9)11-14-5-8(12)6-15-11/h5-6,9H,2-4,7H2,1H3,(H,13,17). The van der Waals surface area contributed by atoms with Gasteiger partial charge in [0.25, 0.3) is 0 Å². The van der Waals surface area contributed by atoms with Gasteiger partial charge in [0.1, 0.15) is 6.04 Å². The average Bonchev–Trinajstić information content (AvgIpc) is 2.40. The molecule has 1 aliphatic heterocycles. The number of morpholine rings is 1. The molecule has 18 heavy (non-hydrogen) atoms. The molecule has 1 aromatic heterocycles. The minimum absolute atomic E-state index is 0.0423. The first-order valence-corrected chi connectivity index (χ1v) is 6.90. The van der Waals surface area contributed by atoms with Crippen molar-refractivity contribution < 1.29 is 9.53 Å². The molecular formula is C11H15IN4O2. The van der Waals surface area contributed by atoms with Gasteiger partial charge in [-0.1, -0.05) is 0 Å². The molecule has 98 valence electrons. The second-order valence-corrected chi connectivity index (χ2v) is 5.13. The molecule has 0 saturated carbocycles. The first kappa shape index (κ1) is 13.5. The summed E-state index contributed by atoms with van der Waals surface area (Å²) in [5.41, 5.74) is 0. The van der Waals surface area contributed by atoms with Crippen LogP contribution in [0.5, 0.6) is 0 Å².